The molecule has 2 fully saturated rings. The second-order valence-corrected chi connectivity index (χ2v) is 18.8. The molecule has 6 unspecified atom stereocenters. The zero-order chi connectivity index (χ0) is 50.8. The van der Waals surface area contributed by atoms with Gasteiger partial charge in [-0.25, -0.2) is 19.2 Å². The van der Waals surface area contributed by atoms with Crippen molar-refractivity contribution in [2.24, 2.45) is 0 Å². The number of halogens is 4. The molecule has 0 bridgehead atoms. The average Bonchev–Trinajstić information content (AvgIpc) is 3.90. The number of likely N-dealkylation sites (tertiary alicyclic amines) is 2. The van der Waals surface area contributed by atoms with E-state index in [1.807, 2.05) is 12.1 Å². The van der Waals surface area contributed by atoms with Gasteiger partial charge in [-0.05, 0) is 151 Å². The molecule has 18 heteroatoms. The van der Waals surface area contributed by atoms with Crippen LogP contribution in [0, 0.1) is 0 Å². The lowest BCUT2D eigenvalue weighted by Crippen LogP contribution is -2.47. The number of amides is 2. The summed E-state index contributed by atoms with van der Waals surface area (Å²) < 4.78 is 74.5. The lowest BCUT2D eigenvalue weighted by molar-refractivity contribution is -0.0505. The van der Waals surface area contributed by atoms with Crippen LogP contribution in [0.1, 0.15) is 122 Å². The second-order valence-electron chi connectivity index (χ2n) is 18.8. The van der Waals surface area contributed by atoms with Crippen LogP contribution >= 0.6 is 0 Å². The van der Waals surface area contributed by atoms with Crippen molar-refractivity contribution in [1.29, 1.82) is 0 Å². The fourth-order valence-corrected chi connectivity index (χ4v) is 8.40. The summed E-state index contributed by atoms with van der Waals surface area (Å²) in [5.74, 6) is -1.49. The number of rotatable bonds is 14. The third kappa shape index (κ3) is 15.3. The first kappa shape index (κ1) is 53.6. The molecule has 6 rings (SSSR count). The van der Waals surface area contributed by atoms with Gasteiger partial charge in [-0.3, -0.25) is 9.80 Å². The van der Waals surface area contributed by atoms with Gasteiger partial charge in [0.15, 0.2) is 0 Å². The molecule has 4 aromatic carbocycles. The minimum Gasteiger partial charge on any atom is -0.478 e. The van der Waals surface area contributed by atoms with E-state index in [9.17, 15) is 47.0 Å². The molecule has 2 aliphatic rings. The standard InChI is InChI=1S/C26H31F2NO6.C25H29F2NO6/c1-26(2,3)35-25(32)29-19(15-16-5-7-18(8-6-16)23(31)33-4)11-14-21(29)22(30)17-9-12-20(13-10-17)34-24(27)28;1-25(2,3)34-24(32)28-18(14-15-4-6-17(7-5-15)22(30)31)10-13-20(28)21(29)16-8-11-19(12-9-16)33-23(26)27/h5-10,12-13,19,21-22,24,30H,11,14-15H2,1-4H3;4-9,11-12,18,20-21,23,29H,10,13-14H2,1-3H3,(H,30,31). The molecule has 374 valence electrons. The van der Waals surface area contributed by atoms with Crippen LogP contribution in [0.25, 0.3) is 0 Å². The maximum absolute atomic E-state index is 13.2. The summed E-state index contributed by atoms with van der Waals surface area (Å²) in [4.78, 5) is 52.3. The highest BCUT2D eigenvalue weighted by atomic mass is 19.3. The van der Waals surface area contributed by atoms with E-state index in [1.165, 1.54) is 67.8 Å². The summed E-state index contributed by atoms with van der Waals surface area (Å²) in [5, 5.41) is 31.3. The Balaban J connectivity index is 0.000000258. The number of nitrogens with zero attached hydrogens (tertiary/aromatic N) is 2. The Labute approximate surface area is 398 Å². The van der Waals surface area contributed by atoms with Gasteiger partial charge >= 0.3 is 37.3 Å². The van der Waals surface area contributed by atoms with Gasteiger partial charge in [-0.2, -0.15) is 17.6 Å². The molecule has 6 atom stereocenters. The van der Waals surface area contributed by atoms with Crippen LogP contribution in [0.3, 0.4) is 0 Å². The van der Waals surface area contributed by atoms with E-state index in [-0.39, 0.29) is 29.1 Å². The van der Waals surface area contributed by atoms with E-state index in [1.54, 1.807) is 75.6 Å². The number of carbonyl (C=O) groups excluding carboxylic acids is 3. The number of methoxy groups -OCH3 is 1. The van der Waals surface area contributed by atoms with E-state index in [2.05, 4.69) is 9.47 Å². The van der Waals surface area contributed by atoms with Gasteiger partial charge in [0.2, 0.25) is 0 Å². The van der Waals surface area contributed by atoms with Gasteiger partial charge < -0.3 is 39.0 Å². The number of aromatic carboxylic acids is 1. The Morgan fingerprint density at radius 2 is 0.913 bits per heavy atom. The number of carboxylic acid groups (broad SMARTS) is 1. The molecule has 14 nitrogen and oxygen atoms in total. The highest BCUT2D eigenvalue weighted by Crippen LogP contribution is 2.38. The average molecular weight is 969 g/mol. The summed E-state index contributed by atoms with van der Waals surface area (Å²) in [6.07, 6.45) is 0.0395. The molecule has 3 N–H and O–H groups in total. The second kappa shape index (κ2) is 23.3. The van der Waals surface area contributed by atoms with Crippen LogP contribution in [0.2, 0.25) is 0 Å². The van der Waals surface area contributed by atoms with Gasteiger partial charge in [0.1, 0.15) is 22.7 Å². The molecule has 0 aliphatic carbocycles. The first-order valence-corrected chi connectivity index (χ1v) is 22.4. The number of aliphatic hydroxyl groups excluding tert-OH is 2. The monoisotopic (exact) mass is 968 g/mol. The van der Waals surface area contributed by atoms with Crippen LogP contribution in [-0.4, -0.2) is 105 Å². The normalized spacial score (nSPS) is 19.1. The quantitative estimate of drug-likeness (QED) is 0.0619. The van der Waals surface area contributed by atoms with Crippen molar-refractivity contribution in [3.63, 3.8) is 0 Å². The molecule has 0 radical (unpaired) electrons. The van der Waals surface area contributed by atoms with E-state index < -0.39 is 72.8 Å². The summed E-state index contributed by atoms with van der Waals surface area (Å²) in [6.45, 7) is 4.71. The number of hydrogen-bond donors (Lipinski definition) is 3. The van der Waals surface area contributed by atoms with Crippen LogP contribution in [-0.2, 0) is 27.1 Å². The van der Waals surface area contributed by atoms with Gasteiger partial charge in [0.05, 0.1) is 42.5 Å². The zero-order valence-corrected chi connectivity index (χ0v) is 39.5. The summed E-state index contributed by atoms with van der Waals surface area (Å²) in [7, 11) is 1.32. The molecule has 2 saturated heterocycles. The number of ether oxygens (including phenoxy) is 5. The number of alkyl halides is 4. The first-order valence-electron chi connectivity index (χ1n) is 22.4. The number of carbonyl (C=O) groups is 4. The Bertz CT molecular complexity index is 2320. The maximum Gasteiger partial charge on any atom is 0.410 e. The third-order valence-electron chi connectivity index (χ3n) is 11.4. The maximum atomic E-state index is 13.2. The van der Waals surface area contributed by atoms with Gasteiger partial charge in [0.25, 0.3) is 0 Å². The van der Waals surface area contributed by atoms with E-state index >= 15 is 0 Å². The molecule has 0 aromatic heterocycles. The molecule has 0 spiro atoms. The highest BCUT2D eigenvalue weighted by molar-refractivity contribution is 5.89. The van der Waals surface area contributed by atoms with Crippen molar-refractivity contribution in [2.75, 3.05) is 7.11 Å². The number of aliphatic hydroxyl groups is 2. The van der Waals surface area contributed by atoms with Crippen LogP contribution < -0.4 is 9.47 Å². The van der Waals surface area contributed by atoms with Crippen molar-refractivity contribution in [3.8, 4) is 11.5 Å². The van der Waals surface area contributed by atoms with Crippen molar-refractivity contribution in [1.82, 2.24) is 9.80 Å². The van der Waals surface area contributed by atoms with Crippen LogP contribution in [0.15, 0.2) is 97.1 Å². The SMILES string of the molecule is CC(C)(C)OC(=O)N1C(Cc2ccc(C(=O)O)cc2)CCC1C(O)c1ccc(OC(F)F)cc1.COC(=O)c1ccc(CC2CCC(C(O)c3ccc(OC(F)F)cc3)N2C(=O)OC(C)(C)C)cc1. The van der Waals surface area contributed by atoms with Gasteiger partial charge in [-0.1, -0.05) is 48.5 Å². The van der Waals surface area contributed by atoms with Crippen molar-refractivity contribution in [2.45, 2.75) is 141 Å². The molecular formula is C51H60F4N2O12. The molecule has 2 heterocycles. The van der Waals surface area contributed by atoms with E-state index in [0.29, 0.717) is 55.2 Å². The fourth-order valence-electron chi connectivity index (χ4n) is 8.40. The Morgan fingerprint density at radius 1 is 0.565 bits per heavy atom. The fraction of sp³-hybridized carbons (Fsp3) is 0.451. The zero-order valence-electron chi connectivity index (χ0n) is 39.5. The van der Waals surface area contributed by atoms with E-state index in [4.69, 9.17) is 19.3 Å². The Kier molecular flexibility index (Phi) is 18.1. The van der Waals surface area contributed by atoms with Gasteiger partial charge in [-0.15, -0.1) is 0 Å². The van der Waals surface area contributed by atoms with Crippen molar-refractivity contribution >= 4 is 24.1 Å². The Morgan fingerprint density at radius 3 is 1.22 bits per heavy atom. The molecule has 4 aromatic rings. The van der Waals surface area contributed by atoms with Crippen LogP contribution in [0.5, 0.6) is 11.5 Å². The first-order chi connectivity index (χ1) is 32.4. The predicted octanol–water partition coefficient (Wildman–Crippen LogP) is 10.1. The Hall–Kier alpha value is -6.40. The van der Waals surface area contributed by atoms with Gasteiger partial charge in [0, 0.05) is 12.1 Å². The van der Waals surface area contributed by atoms with Crippen molar-refractivity contribution in [3.05, 3.63) is 130 Å². The van der Waals surface area contributed by atoms with E-state index in [0.717, 1.165) is 11.1 Å². The lowest BCUT2D eigenvalue weighted by atomic mass is 10.00. The molecule has 0 saturated carbocycles. The predicted molar refractivity (Wildman–Crippen MR) is 244 cm³/mol. The third-order valence-corrected chi connectivity index (χ3v) is 11.4. The number of benzene rings is 4. The highest BCUT2D eigenvalue weighted by Gasteiger charge is 2.44. The van der Waals surface area contributed by atoms with Crippen molar-refractivity contribution < 1.29 is 75.7 Å². The molecular weight excluding hydrogens is 909 g/mol. The lowest BCUT2D eigenvalue weighted by Gasteiger charge is -2.35. The minimum absolute atomic E-state index is 0.0142. The molecule has 69 heavy (non-hydrogen) atoms. The minimum atomic E-state index is -2.95. The summed E-state index contributed by atoms with van der Waals surface area (Å²) >= 11 is 0. The topological polar surface area (TPSA) is 182 Å². The largest absolute Gasteiger partial charge is 0.478 e. The summed E-state index contributed by atoms with van der Waals surface area (Å²) in [5.41, 5.74) is 1.85. The number of hydrogen-bond acceptors (Lipinski definition) is 11. The number of esters is 1. The summed E-state index contributed by atoms with van der Waals surface area (Å²) in [6, 6.07) is 23.2. The molecule has 2 amide bonds. The van der Waals surface area contributed by atoms with Crippen LogP contribution in [0.4, 0.5) is 27.2 Å². The smallest absolute Gasteiger partial charge is 0.410 e. The molecule has 2 aliphatic heterocycles. The number of carboxylic acids is 1.